The summed E-state index contributed by atoms with van der Waals surface area (Å²) in [5.74, 6) is -4.46. The second kappa shape index (κ2) is 9.70. The fourth-order valence-electron chi connectivity index (χ4n) is 3.33. The molecule has 0 spiro atoms. The van der Waals surface area contributed by atoms with Gasteiger partial charge in [0.2, 0.25) is 0 Å². The van der Waals surface area contributed by atoms with Gasteiger partial charge in [0, 0.05) is 12.1 Å². The molecule has 0 bridgehead atoms. The number of aliphatic hydroxyl groups excluding tert-OH is 1. The van der Waals surface area contributed by atoms with Gasteiger partial charge in [0.1, 0.15) is 12.7 Å². The number of aliphatic hydroxyl groups is 1. The van der Waals surface area contributed by atoms with Gasteiger partial charge in [-0.05, 0) is 30.5 Å². The first-order valence-electron chi connectivity index (χ1n) is 9.84. The molecule has 0 aliphatic carbocycles. The van der Waals surface area contributed by atoms with E-state index < -0.39 is 30.1 Å². The zero-order chi connectivity index (χ0) is 22.4. The third kappa shape index (κ3) is 5.46. The molecular weight excluding hydrogens is 408 g/mol. The van der Waals surface area contributed by atoms with Crippen molar-refractivity contribution in [3.05, 3.63) is 83.4 Å². The van der Waals surface area contributed by atoms with E-state index in [9.17, 15) is 23.5 Å². The summed E-state index contributed by atoms with van der Waals surface area (Å²) in [4.78, 5) is 24.3. The molecule has 2 atom stereocenters. The molecule has 8 heteroatoms. The predicted octanol–water partition coefficient (Wildman–Crippen LogP) is 3.85. The Hall–Kier alpha value is -3.26. The lowest BCUT2D eigenvalue weighted by Gasteiger charge is -2.22. The van der Waals surface area contributed by atoms with Crippen molar-refractivity contribution in [2.45, 2.75) is 30.9 Å². The van der Waals surface area contributed by atoms with Crippen LogP contribution in [0.5, 0.6) is 0 Å². The molecule has 1 fully saturated rings. The topological polar surface area (TPSA) is 87.1 Å². The first-order valence-corrected chi connectivity index (χ1v) is 9.84. The molecule has 0 saturated carbocycles. The molecule has 0 aromatic heterocycles. The number of carbonyl (C=O) groups is 2. The van der Waals surface area contributed by atoms with Gasteiger partial charge < -0.3 is 14.9 Å². The van der Waals surface area contributed by atoms with Crippen LogP contribution in [0.3, 0.4) is 0 Å². The lowest BCUT2D eigenvalue weighted by atomic mass is 10.0. The molecule has 2 aromatic rings. The summed E-state index contributed by atoms with van der Waals surface area (Å²) in [6, 6.07) is 13.0. The molecule has 2 N–H and O–H groups in total. The van der Waals surface area contributed by atoms with Crippen LogP contribution in [0.4, 0.5) is 13.6 Å². The third-order valence-corrected chi connectivity index (χ3v) is 5.12. The Morgan fingerprint density at radius 3 is 2.52 bits per heavy atom. The standard InChI is InChI=1S/C23H23F2NO5/c24-23(25,18-6-2-1-3-7-18)20(27)13-12-19-15-31-22(30)26(19)14-4-5-16-8-10-17(11-9-16)21(28)29/h1-3,6-13,19-20,27H,4-5,14-15H2,(H,28,29). The maximum absolute atomic E-state index is 14.4. The van der Waals surface area contributed by atoms with Crippen LogP contribution in [0.15, 0.2) is 66.7 Å². The summed E-state index contributed by atoms with van der Waals surface area (Å²) in [6.45, 7) is 0.353. The summed E-state index contributed by atoms with van der Waals surface area (Å²) in [7, 11) is 0. The number of aryl methyl sites for hydroxylation is 1. The lowest BCUT2D eigenvalue weighted by molar-refractivity contribution is -0.0929. The zero-order valence-corrected chi connectivity index (χ0v) is 16.7. The SMILES string of the molecule is O=C(O)c1ccc(CCCN2C(=O)OCC2C=CC(O)C(F)(F)c2ccccc2)cc1. The number of ether oxygens (including phenoxy) is 1. The molecule has 2 unspecified atom stereocenters. The molecule has 1 saturated heterocycles. The molecule has 164 valence electrons. The fraction of sp³-hybridized carbons (Fsp3) is 0.304. The monoisotopic (exact) mass is 431 g/mol. The summed E-state index contributed by atoms with van der Waals surface area (Å²) in [6.07, 6.45) is 0.967. The lowest BCUT2D eigenvalue weighted by Crippen LogP contribution is -2.34. The second-order valence-corrected chi connectivity index (χ2v) is 7.26. The molecule has 1 aliphatic rings. The van der Waals surface area contributed by atoms with Crippen LogP contribution in [-0.4, -0.2) is 52.5 Å². The van der Waals surface area contributed by atoms with E-state index in [1.54, 1.807) is 18.2 Å². The average Bonchev–Trinajstić information content (AvgIpc) is 3.12. The minimum absolute atomic E-state index is 0.0201. The molecule has 31 heavy (non-hydrogen) atoms. The van der Waals surface area contributed by atoms with E-state index in [1.165, 1.54) is 47.4 Å². The van der Waals surface area contributed by atoms with Crippen molar-refractivity contribution in [1.29, 1.82) is 0 Å². The Morgan fingerprint density at radius 2 is 1.87 bits per heavy atom. The largest absolute Gasteiger partial charge is 0.478 e. The molecule has 0 radical (unpaired) electrons. The normalized spacial score (nSPS) is 17.7. The summed E-state index contributed by atoms with van der Waals surface area (Å²) in [5.41, 5.74) is 0.821. The van der Waals surface area contributed by atoms with Crippen molar-refractivity contribution in [3.8, 4) is 0 Å². The van der Waals surface area contributed by atoms with Gasteiger partial charge in [0.25, 0.3) is 0 Å². The summed E-state index contributed by atoms with van der Waals surface area (Å²) >= 11 is 0. The number of carboxylic acid groups (broad SMARTS) is 1. The maximum Gasteiger partial charge on any atom is 0.410 e. The number of cyclic esters (lactones) is 1. The first kappa shape index (κ1) is 22.4. The maximum atomic E-state index is 14.4. The van der Waals surface area contributed by atoms with Gasteiger partial charge in [0.05, 0.1) is 11.6 Å². The number of rotatable bonds is 9. The van der Waals surface area contributed by atoms with Gasteiger partial charge in [-0.3, -0.25) is 4.90 Å². The number of aromatic carboxylic acids is 1. The highest BCUT2D eigenvalue weighted by molar-refractivity contribution is 5.87. The Labute approximate surface area is 178 Å². The van der Waals surface area contributed by atoms with Crippen molar-refractivity contribution < 1.29 is 33.3 Å². The van der Waals surface area contributed by atoms with E-state index in [-0.39, 0.29) is 17.7 Å². The van der Waals surface area contributed by atoms with Crippen LogP contribution in [0.25, 0.3) is 0 Å². The van der Waals surface area contributed by atoms with Crippen LogP contribution >= 0.6 is 0 Å². The number of alkyl halides is 2. The Balaban J connectivity index is 1.57. The number of carbonyl (C=O) groups excluding carboxylic acids is 1. The van der Waals surface area contributed by atoms with Gasteiger partial charge in [-0.2, -0.15) is 8.78 Å². The van der Waals surface area contributed by atoms with Gasteiger partial charge in [-0.15, -0.1) is 0 Å². The summed E-state index contributed by atoms with van der Waals surface area (Å²) < 4.78 is 33.9. The van der Waals surface area contributed by atoms with E-state index in [4.69, 9.17) is 9.84 Å². The number of benzene rings is 2. The minimum Gasteiger partial charge on any atom is -0.478 e. The zero-order valence-electron chi connectivity index (χ0n) is 16.7. The van der Waals surface area contributed by atoms with E-state index in [0.717, 1.165) is 11.6 Å². The number of carboxylic acids is 1. The van der Waals surface area contributed by atoms with Crippen molar-refractivity contribution in [2.75, 3.05) is 13.2 Å². The fourth-order valence-corrected chi connectivity index (χ4v) is 3.33. The molecule has 1 heterocycles. The van der Waals surface area contributed by atoms with Gasteiger partial charge >= 0.3 is 18.0 Å². The van der Waals surface area contributed by atoms with E-state index in [2.05, 4.69) is 0 Å². The highest BCUT2D eigenvalue weighted by atomic mass is 19.3. The molecule has 1 aliphatic heterocycles. The Bertz CT molecular complexity index is 931. The molecular formula is C23H23F2NO5. The van der Waals surface area contributed by atoms with Gasteiger partial charge in [-0.25, -0.2) is 9.59 Å². The highest BCUT2D eigenvalue weighted by Gasteiger charge is 2.39. The van der Waals surface area contributed by atoms with Crippen LogP contribution in [-0.2, 0) is 17.1 Å². The predicted molar refractivity (Wildman–Crippen MR) is 109 cm³/mol. The van der Waals surface area contributed by atoms with E-state index in [0.29, 0.717) is 19.4 Å². The van der Waals surface area contributed by atoms with E-state index in [1.807, 2.05) is 0 Å². The summed E-state index contributed by atoms with van der Waals surface area (Å²) in [5, 5.41) is 18.9. The van der Waals surface area contributed by atoms with Crippen molar-refractivity contribution >= 4 is 12.1 Å². The average molecular weight is 431 g/mol. The minimum atomic E-state index is -3.46. The molecule has 2 aromatic carbocycles. The number of hydrogen-bond donors (Lipinski definition) is 2. The van der Waals surface area contributed by atoms with Crippen molar-refractivity contribution in [1.82, 2.24) is 4.90 Å². The third-order valence-electron chi connectivity index (χ3n) is 5.12. The van der Waals surface area contributed by atoms with Gasteiger partial charge in [-0.1, -0.05) is 54.6 Å². The van der Waals surface area contributed by atoms with E-state index >= 15 is 0 Å². The van der Waals surface area contributed by atoms with Crippen LogP contribution in [0.2, 0.25) is 0 Å². The second-order valence-electron chi connectivity index (χ2n) is 7.26. The van der Waals surface area contributed by atoms with Crippen LogP contribution in [0, 0.1) is 0 Å². The quantitative estimate of drug-likeness (QED) is 0.589. The highest BCUT2D eigenvalue weighted by Crippen LogP contribution is 2.32. The first-order chi connectivity index (χ1) is 14.8. The molecule has 3 rings (SSSR count). The Kier molecular flexibility index (Phi) is 7.02. The number of hydrogen-bond acceptors (Lipinski definition) is 4. The van der Waals surface area contributed by atoms with Crippen LogP contribution in [0.1, 0.15) is 27.9 Å². The Morgan fingerprint density at radius 1 is 1.19 bits per heavy atom. The molecule has 6 nitrogen and oxygen atoms in total. The number of amides is 1. The van der Waals surface area contributed by atoms with Crippen LogP contribution < -0.4 is 0 Å². The smallest absolute Gasteiger partial charge is 0.410 e. The number of nitrogens with zero attached hydrogens (tertiary/aromatic N) is 1. The van der Waals surface area contributed by atoms with Gasteiger partial charge in [0.15, 0.2) is 0 Å². The molecule has 1 amide bonds. The van der Waals surface area contributed by atoms with Crippen molar-refractivity contribution in [2.24, 2.45) is 0 Å². The van der Waals surface area contributed by atoms with Crippen molar-refractivity contribution in [3.63, 3.8) is 0 Å². The number of halogens is 2.